The number of carbonyl (C=O) groups is 1. The van der Waals surface area contributed by atoms with Gasteiger partial charge in [0.05, 0.1) is 29.6 Å². The van der Waals surface area contributed by atoms with Crippen molar-refractivity contribution in [3.05, 3.63) is 53.9 Å². The maximum Gasteiger partial charge on any atom is 0.255 e. The summed E-state index contributed by atoms with van der Waals surface area (Å²) in [5, 5.41) is 2.90. The molecular weight excluding hydrogens is 266 g/mol. The van der Waals surface area contributed by atoms with Gasteiger partial charge in [-0.25, -0.2) is 0 Å². The van der Waals surface area contributed by atoms with E-state index in [1.165, 1.54) is 0 Å². The molecule has 0 saturated heterocycles. The molecule has 0 aliphatic rings. The first kappa shape index (κ1) is 14.8. The first-order valence-corrected chi connectivity index (χ1v) is 6.86. The van der Waals surface area contributed by atoms with E-state index in [1.54, 1.807) is 24.4 Å². The number of ether oxygens (including phenoxy) is 1. The number of nitrogens with one attached hydrogen (secondary N) is 1. The van der Waals surface area contributed by atoms with Gasteiger partial charge in [-0.15, -0.1) is 0 Å². The molecule has 1 unspecified atom stereocenters. The first-order chi connectivity index (χ1) is 10.1. The van der Waals surface area contributed by atoms with E-state index in [1.807, 2.05) is 32.0 Å². The molecule has 0 saturated carbocycles. The number of rotatable bonds is 5. The number of nitrogen functional groups attached to an aromatic ring is 1. The molecule has 2 aromatic rings. The van der Waals surface area contributed by atoms with Gasteiger partial charge in [0.25, 0.3) is 5.91 Å². The molecule has 1 amide bonds. The summed E-state index contributed by atoms with van der Waals surface area (Å²) in [7, 11) is 0. The molecule has 0 bridgehead atoms. The number of hydrogen-bond acceptors (Lipinski definition) is 4. The van der Waals surface area contributed by atoms with Gasteiger partial charge in [0.1, 0.15) is 0 Å². The Kier molecular flexibility index (Phi) is 4.77. The summed E-state index contributed by atoms with van der Waals surface area (Å²) in [4.78, 5) is 16.6. The SMILES string of the molecule is CCOc1c(N)cccc1C(=O)NC(C)c1ccccn1. The minimum Gasteiger partial charge on any atom is -0.491 e. The molecule has 1 atom stereocenters. The lowest BCUT2D eigenvalue weighted by molar-refractivity contribution is 0.0935. The van der Waals surface area contributed by atoms with E-state index in [0.717, 1.165) is 5.69 Å². The minimum absolute atomic E-state index is 0.199. The molecule has 5 nitrogen and oxygen atoms in total. The van der Waals surface area contributed by atoms with E-state index in [4.69, 9.17) is 10.5 Å². The molecule has 0 aliphatic heterocycles. The third-order valence-electron chi connectivity index (χ3n) is 3.06. The summed E-state index contributed by atoms with van der Waals surface area (Å²) < 4.78 is 5.47. The van der Waals surface area contributed by atoms with Gasteiger partial charge >= 0.3 is 0 Å². The lowest BCUT2D eigenvalue weighted by Gasteiger charge is -2.16. The van der Waals surface area contributed by atoms with Crippen LogP contribution in [-0.4, -0.2) is 17.5 Å². The summed E-state index contributed by atoms with van der Waals surface area (Å²) in [6, 6.07) is 10.5. The molecule has 1 aromatic heterocycles. The van der Waals surface area contributed by atoms with Gasteiger partial charge < -0.3 is 15.8 Å². The highest BCUT2D eigenvalue weighted by molar-refractivity contribution is 5.98. The van der Waals surface area contributed by atoms with Crippen LogP contribution in [0, 0.1) is 0 Å². The number of nitrogens with two attached hydrogens (primary N) is 1. The van der Waals surface area contributed by atoms with Crippen molar-refractivity contribution in [2.24, 2.45) is 0 Å². The van der Waals surface area contributed by atoms with Gasteiger partial charge in [-0.05, 0) is 38.1 Å². The van der Waals surface area contributed by atoms with Crippen LogP contribution in [0.3, 0.4) is 0 Å². The smallest absolute Gasteiger partial charge is 0.255 e. The lowest BCUT2D eigenvalue weighted by Crippen LogP contribution is -2.27. The molecule has 0 spiro atoms. The second kappa shape index (κ2) is 6.74. The van der Waals surface area contributed by atoms with Gasteiger partial charge in [0, 0.05) is 6.20 Å². The predicted octanol–water partition coefficient (Wildman–Crippen LogP) is 2.55. The number of hydrogen-bond donors (Lipinski definition) is 2. The molecule has 0 aliphatic carbocycles. The van der Waals surface area contributed by atoms with Crippen molar-refractivity contribution in [2.45, 2.75) is 19.9 Å². The number of benzene rings is 1. The van der Waals surface area contributed by atoms with Crippen molar-refractivity contribution in [1.29, 1.82) is 0 Å². The fourth-order valence-corrected chi connectivity index (χ4v) is 2.02. The Labute approximate surface area is 124 Å². The van der Waals surface area contributed by atoms with Crippen molar-refractivity contribution >= 4 is 11.6 Å². The zero-order valence-corrected chi connectivity index (χ0v) is 12.2. The van der Waals surface area contributed by atoms with Gasteiger partial charge in [-0.1, -0.05) is 12.1 Å². The number of aromatic nitrogens is 1. The fraction of sp³-hybridized carbons (Fsp3) is 0.250. The molecule has 0 fully saturated rings. The monoisotopic (exact) mass is 285 g/mol. The van der Waals surface area contributed by atoms with E-state index < -0.39 is 0 Å². The number of nitrogens with zero attached hydrogens (tertiary/aromatic N) is 1. The Morgan fingerprint density at radius 1 is 1.33 bits per heavy atom. The molecule has 2 rings (SSSR count). The minimum atomic E-state index is -0.232. The van der Waals surface area contributed by atoms with E-state index in [-0.39, 0.29) is 11.9 Å². The van der Waals surface area contributed by atoms with Crippen LogP contribution in [0.15, 0.2) is 42.6 Å². The van der Waals surface area contributed by atoms with E-state index in [0.29, 0.717) is 23.6 Å². The molecule has 21 heavy (non-hydrogen) atoms. The van der Waals surface area contributed by atoms with E-state index >= 15 is 0 Å². The third kappa shape index (κ3) is 3.51. The predicted molar refractivity (Wildman–Crippen MR) is 82.1 cm³/mol. The average Bonchev–Trinajstić information content (AvgIpc) is 2.50. The summed E-state index contributed by atoms with van der Waals surface area (Å²) in [6.45, 7) is 4.18. The highest BCUT2D eigenvalue weighted by Gasteiger charge is 2.17. The molecule has 3 N–H and O–H groups in total. The van der Waals surface area contributed by atoms with Crippen LogP contribution in [0.25, 0.3) is 0 Å². The standard InChI is InChI=1S/C16H19N3O2/c1-3-21-15-12(7-6-8-13(15)17)16(20)19-11(2)14-9-4-5-10-18-14/h4-11H,3,17H2,1-2H3,(H,19,20). The van der Waals surface area contributed by atoms with Crippen molar-refractivity contribution in [3.63, 3.8) is 0 Å². The van der Waals surface area contributed by atoms with Crippen LogP contribution in [0.5, 0.6) is 5.75 Å². The van der Waals surface area contributed by atoms with Gasteiger partial charge in [-0.2, -0.15) is 0 Å². The Balaban J connectivity index is 2.19. The van der Waals surface area contributed by atoms with Crippen LogP contribution in [0.2, 0.25) is 0 Å². The highest BCUT2D eigenvalue weighted by atomic mass is 16.5. The van der Waals surface area contributed by atoms with Crippen molar-refractivity contribution in [3.8, 4) is 5.75 Å². The maximum absolute atomic E-state index is 12.4. The van der Waals surface area contributed by atoms with E-state index in [9.17, 15) is 4.79 Å². The zero-order chi connectivity index (χ0) is 15.2. The molecular formula is C16H19N3O2. The van der Waals surface area contributed by atoms with Crippen molar-refractivity contribution < 1.29 is 9.53 Å². The molecule has 0 radical (unpaired) electrons. The van der Waals surface area contributed by atoms with Crippen LogP contribution in [-0.2, 0) is 0 Å². The maximum atomic E-state index is 12.4. The summed E-state index contributed by atoms with van der Waals surface area (Å²) in [5.74, 6) is 0.189. The van der Waals surface area contributed by atoms with Gasteiger partial charge in [0.15, 0.2) is 5.75 Å². The molecule has 1 aromatic carbocycles. The van der Waals surface area contributed by atoms with Crippen molar-refractivity contribution in [2.75, 3.05) is 12.3 Å². The van der Waals surface area contributed by atoms with Gasteiger partial charge in [-0.3, -0.25) is 9.78 Å². The number of para-hydroxylation sites is 1. The lowest BCUT2D eigenvalue weighted by atomic mass is 10.1. The average molecular weight is 285 g/mol. The van der Waals surface area contributed by atoms with E-state index in [2.05, 4.69) is 10.3 Å². The summed E-state index contributed by atoms with van der Waals surface area (Å²) in [6.07, 6.45) is 1.70. The quantitative estimate of drug-likeness (QED) is 0.828. The highest BCUT2D eigenvalue weighted by Crippen LogP contribution is 2.26. The number of amides is 1. The Hall–Kier alpha value is -2.56. The zero-order valence-electron chi connectivity index (χ0n) is 12.2. The number of anilines is 1. The normalized spacial score (nSPS) is 11.7. The van der Waals surface area contributed by atoms with Crippen LogP contribution in [0.4, 0.5) is 5.69 Å². The molecule has 5 heteroatoms. The molecule has 110 valence electrons. The Morgan fingerprint density at radius 3 is 2.81 bits per heavy atom. The summed E-state index contributed by atoms with van der Waals surface area (Å²) >= 11 is 0. The second-order valence-corrected chi connectivity index (χ2v) is 4.61. The van der Waals surface area contributed by atoms with Crippen LogP contribution < -0.4 is 15.8 Å². The Morgan fingerprint density at radius 2 is 2.14 bits per heavy atom. The third-order valence-corrected chi connectivity index (χ3v) is 3.06. The van der Waals surface area contributed by atoms with Gasteiger partial charge in [0.2, 0.25) is 0 Å². The molecule has 1 heterocycles. The Bertz CT molecular complexity index is 614. The van der Waals surface area contributed by atoms with Crippen LogP contribution >= 0.6 is 0 Å². The fourth-order valence-electron chi connectivity index (χ4n) is 2.02. The number of carbonyl (C=O) groups excluding carboxylic acids is 1. The first-order valence-electron chi connectivity index (χ1n) is 6.86. The largest absolute Gasteiger partial charge is 0.491 e. The van der Waals surface area contributed by atoms with Crippen molar-refractivity contribution in [1.82, 2.24) is 10.3 Å². The number of pyridine rings is 1. The topological polar surface area (TPSA) is 77.2 Å². The second-order valence-electron chi connectivity index (χ2n) is 4.61. The van der Waals surface area contributed by atoms with Crippen LogP contribution in [0.1, 0.15) is 35.9 Å². The summed E-state index contributed by atoms with van der Waals surface area (Å²) in [5.41, 5.74) is 7.55.